The van der Waals surface area contributed by atoms with Gasteiger partial charge in [0.05, 0.1) is 0 Å². The van der Waals surface area contributed by atoms with Gasteiger partial charge in [0.15, 0.2) is 5.12 Å². The minimum Gasteiger partial charge on any atom is -0.446 e. The van der Waals surface area contributed by atoms with Crippen molar-refractivity contribution < 1.29 is 18.7 Å². The highest BCUT2D eigenvalue weighted by molar-refractivity contribution is 8.14. The molecule has 27 heavy (non-hydrogen) atoms. The van der Waals surface area contributed by atoms with Gasteiger partial charge in [0.25, 0.3) is 0 Å². The van der Waals surface area contributed by atoms with E-state index in [1.807, 2.05) is 20.8 Å². The molecule has 0 aliphatic rings. The molecule has 1 atom stereocenters. The van der Waals surface area contributed by atoms with Gasteiger partial charge in [0.1, 0.15) is 24.7 Å². The summed E-state index contributed by atoms with van der Waals surface area (Å²) >= 11 is 1.23. The molecule has 156 valence electrons. The highest BCUT2D eigenvalue weighted by atomic mass is 32.2. The molecule has 0 aromatic carbocycles. The lowest BCUT2D eigenvalue weighted by atomic mass is 10.2. The van der Waals surface area contributed by atoms with Gasteiger partial charge >= 0.3 is 0 Å². The van der Waals surface area contributed by atoms with Crippen molar-refractivity contribution in [2.45, 2.75) is 103 Å². The van der Waals surface area contributed by atoms with Crippen LogP contribution >= 0.6 is 11.8 Å². The van der Waals surface area contributed by atoms with Crippen LogP contribution in [0.4, 0.5) is 0 Å². The first kappa shape index (κ1) is 24.4. The van der Waals surface area contributed by atoms with Crippen LogP contribution in [0.1, 0.15) is 86.4 Å². The van der Waals surface area contributed by atoms with E-state index in [-0.39, 0.29) is 16.3 Å². The van der Waals surface area contributed by atoms with Crippen molar-refractivity contribution in [3.63, 3.8) is 0 Å². The maximum atomic E-state index is 12.1. The number of thioether (sulfide) groups is 1. The summed E-state index contributed by atoms with van der Waals surface area (Å²) < 4.78 is 11.8. The van der Waals surface area contributed by atoms with E-state index in [9.17, 15) is 9.90 Å². The third-order valence-electron chi connectivity index (χ3n) is 4.84. The van der Waals surface area contributed by atoms with Crippen molar-refractivity contribution in [1.29, 1.82) is 0 Å². The van der Waals surface area contributed by atoms with E-state index in [0.717, 1.165) is 0 Å². The van der Waals surface area contributed by atoms with E-state index in [1.165, 1.54) is 18.0 Å². The highest BCUT2D eigenvalue weighted by Gasteiger charge is 2.45. The molecular formula is C20H37NO4SSi. The molecule has 0 unspecified atom stereocenters. The number of hydrogen-bond acceptors (Lipinski definition) is 6. The molecule has 7 heteroatoms. The van der Waals surface area contributed by atoms with E-state index < -0.39 is 14.4 Å². The number of aromatic nitrogens is 1. The zero-order chi connectivity index (χ0) is 21.0. The van der Waals surface area contributed by atoms with E-state index in [0.29, 0.717) is 34.8 Å². The second-order valence-electron chi connectivity index (χ2n) is 9.08. The second-order valence-corrected chi connectivity index (χ2v) is 16.4. The fourth-order valence-electron chi connectivity index (χ4n) is 3.88. The van der Waals surface area contributed by atoms with Crippen LogP contribution in [-0.4, -0.2) is 28.3 Å². The molecular weight excluding hydrogens is 378 g/mol. The lowest BCUT2D eigenvalue weighted by Gasteiger charge is -2.41. The summed E-state index contributed by atoms with van der Waals surface area (Å²) in [5.74, 6) is 0.457. The Kier molecular flexibility index (Phi) is 8.78. The van der Waals surface area contributed by atoms with Gasteiger partial charge in [-0.25, -0.2) is 4.98 Å². The van der Waals surface area contributed by atoms with E-state index >= 15 is 0 Å². The summed E-state index contributed by atoms with van der Waals surface area (Å²) in [6, 6.07) is 0. The molecule has 0 aliphatic carbocycles. The van der Waals surface area contributed by atoms with Crippen LogP contribution in [0.25, 0.3) is 0 Å². The Morgan fingerprint density at radius 3 is 2.15 bits per heavy atom. The SMILES string of the molecule is CC(C)[Si](OCc1nc([C@H](O)CC(=O)SC(C)(C)C)co1)(C(C)C)C(C)C. The van der Waals surface area contributed by atoms with Crippen LogP contribution in [0.3, 0.4) is 0 Å². The summed E-state index contributed by atoms with van der Waals surface area (Å²) in [4.78, 5) is 16.4. The number of aliphatic hydroxyl groups excluding tert-OH is 1. The normalized spacial score (nSPS) is 14.4. The summed E-state index contributed by atoms with van der Waals surface area (Å²) in [6.07, 6.45) is 0.506. The molecule has 0 spiro atoms. The topological polar surface area (TPSA) is 72.6 Å². The summed E-state index contributed by atoms with van der Waals surface area (Å²) in [5, 5.41) is 10.3. The van der Waals surface area contributed by atoms with Crippen molar-refractivity contribution in [2.24, 2.45) is 0 Å². The molecule has 1 heterocycles. The van der Waals surface area contributed by atoms with Crippen molar-refractivity contribution in [2.75, 3.05) is 0 Å². The van der Waals surface area contributed by atoms with Gasteiger partial charge in [0.2, 0.25) is 14.2 Å². The predicted octanol–water partition coefficient (Wildman–Crippen LogP) is 5.85. The molecule has 0 bridgehead atoms. The Hall–Kier alpha value is -0.633. The molecule has 0 radical (unpaired) electrons. The molecule has 0 saturated carbocycles. The minimum absolute atomic E-state index is 0.0252. The van der Waals surface area contributed by atoms with Crippen LogP contribution in [0, 0.1) is 0 Å². The van der Waals surface area contributed by atoms with Gasteiger partial charge in [0, 0.05) is 11.2 Å². The molecule has 1 aromatic rings. The zero-order valence-corrected chi connectivity index (χ0v) is 20.1. The maximum Gasteiger partial charge on any atom is 0.219 e. The van der Waals surface area contributed by atoms with E-state index in [1.54, 1.807) is 0 Å². The molecule has 0 fully saturated rings. The largest absolute Gasteiger partial charge is 0.446 e. The van der Waals surface area contributed by atoms with Crippen molar-refractivity contribution in [1.82, 2.24) is 4.98 Å². The summed E-state index contributed by atoms with van der Waals surface area (Å²) in [5.41, 5.74) is 1.82. The van der Waals surface area contributed by atoms with Gasteiger partial charge in [-0.1, -0.05) is 74.1 Å². The smallest absolute Gasteiger partial charge is 0.219 e. The first-order valence-electron chi connectivity index (χ1n) is 9.77. The minimum atomic E-state index is -2.00. The molecule has 1 rings (SSSR count). The number of rotatable bonds is 9. The fraction of sp³-hybridized carbons (Fsp3) is 0.800. The summed E-state index contributed by atoms with van der Waals surface area (Å²) in [7, 11) is -2.00. The Labute approximate surface area is 169 Å². The molecule has 1 aromatic heterocycles. The average molecular weight is 416 g/mol. The van der Waals surface area contributed by atoms with Crippen LogP contribution in [-0.2, 0) is 15.8 Å². The number of carbonyl (C=O) groups is 1. The molecule has 1 N–H and O–H groups in total. The Morgan fingerprint density at radius 1 is 1.19 bits per heavy atom. The number of nitrogens with zero attached hydrogens (tertiary/aromatic N) is 1. The average Bonchev–Trinajstić information content (AvgIpc) is 2.93. The first-order valence-corrected chi connectivity index (χ1v) is 12.7. The van der Waals surface area contributed by atoms with Crippen molar-refractivity contribution >= 4 is 25.2 Å². The van der Waals surface area contributed by atoms with Crippen LogP contribution in [0.5, 0.6) is 0 Å². The lowest BCUT2D eigenvalue weighted by Crippen LogP contribution is -2.47. The zero-order valence-electron chi connectivity index (χ0n) is 18.3. The monoisotopic (exact) mass is 415 g/mol. The third-order valence-corrected chi connectivity index (χ3v) is 11.9. The molecule has 0 saturated heterocycles. The lowest BCUT2D eigenvalue weighted by molar-refractivity contribution is -0.112. The number of oxazole rings is 1. The Balaban J connectivity index is 2.78. The predicted molar refractivity (Wildman–Crippen MR) is 114 cm³/mol. The quantitative estimate of drug-likeness (QED) is 0.510. The number of carbonyl (C=O) groups excluding carboxylic acids is 1. The second kappa shape index (κ2) is 9.72. The summed E-state index contributed by atoms with van der Waals surface area (Å²) in [6.45, 7) is 19.6. The van der Waals surface area contributed by atoms with E-state index in [2.05, 4.69) is 46.5 Å². The fourth-order valence-corrected chi connectivity index (χ4v) is 10.2. The first-order chi connectivity index (χ1) is 12.3. The van der Waals surface area contributed by atoms with Gasteiger partial charge in [-0.05, 0) is 16.6 Å². The number of aliphatic hydroxyl groups is 1. The number of hydrogen-bond donors (Lipinski definition) is 1. The van der Waals surface area contributed by atoms with Crippen LogP contribution in [0.2, 0.25) is 16.6 Å². The maximum absolute atomic E-state index is 12.1. The third kappa shape index (κ3) is 6.73. The van der Waals surface area contributed by atoms with Crippen molar-refractivity contribution in [3.05, 3.63) is 17.8 Å². The standard InChI is InChI=1S/C20H37NO4SSi/c1-13(2)27(14(3)4,15(5)6)25-12-18-21-16(11-24-18)17(22)10-19(23)26-20(7,8)9/h11,13-15,17,22H,10,12H2,1-9H3/t17-/m1/s1. The molecule has 0 aliphatic heterocycles. The Bertz CT molecular complexity index is 586. The van der Waals surface area contributed by atoms with Crippen LogP contribution in [0.15, 0.2) is 10.7 Å². The van der Waals surface area contributed by atoms with Crippen LogP contribution < -0.4 is 0 Å². The highest BCUT2D eigenvalue weighted by Crippen LogP contribution is 2.42. The van der Waals surface area contributed by atoms with Crippen molar-refractivity contribution in [3.8, 4) is 0 Å². The molecule has 5 nitrogen and oxygen atoms in total. The van der Waals surface area contributed by atoms with Gasteiger partial charge in [-0.3, -0.25) is 4.79 Å². The Morgan fingerprint density at radius 2 is 1.70 bits per heavy atom. The molecule has 0 amide bonds. The van der Waals surface area contributed by atoms with Gasteiger partial charge in [-0.2, -0.15) is 0 Å². The van der Waals surface area contributed by atoms with E-state index in [4.69, 9.17) is 8.84 Å². The van der Waals surface area contributed by atoms with Gasteiger partial charge in [-0.15, -0.1) is 0 Å². The van der Waals surface area contributed by atoms with Gasteiger partial charge < -0.3 is 13.9 Å².